The molecule has 1 saturated carbocycles. The van der Waals surface area contributed by atoms with Gasteiger partial charge in [-0.15, -0.1) is 0 Å². The van der Waals surface area contributed by atoms with Crippen LogP contribution >= 0.6 is 0 Å². The molecule has 18 heavy (non-hydrogen) atoms. The number of amides is 1. The highest BCUT2D eigenvalue weighted by Gasteiger charge is 2.44. The molecule has 0 atom stereocenters. The Morgan fingerprint density at radius 1 is 1.56 bits per heavy atom. The number of primary amides is 1. The molecule has 98 valence electrons. The average molecular weight is 248 g/mol. The van der Waals surface area contributed by atoms with E-state index in [1.54, 1.807) is 6.07 Å². The van der Waals surface area contributed by atoms with E-state index >= 15 is 0 Å². The van der Waals surface area contributed by atoms with Crippen molar-refractivity contribution in [1.82, 2.24) is 4.98 Å². The molecule has 0 aliphatic heterocycles. The first-order chi connectivity index (χ1) is 8.44. The van der Waals surface area contributed by atoms with Gasteiger partial charge in [-0.3, -0.25) is 4.79 Å². The number of nitrogens with zero attached hydrogens (tertiary/aromatic N) is 1. The lowest BCUT2D eigenvalue weighted by Crippen LogP contribution is -2.22. The van der Waals surface area contributed by atoms with Crippen LogP contribution in [0.1, 0.15) is 37.0 Å². The molecular formula is C13H20N4O. The zero-order valence-corrected chi connectivity index (χ0v) is 10.9. The summed E-state index contributed by atoms with van der Waals surface area (Å²) >= 11 is 0. The van der Waals surface area contributed by atoms with E-state index in [-0.39, 0.29) is 0 Å². The molecule has 0 aromatic carbocycles. The summed E-state index contributed by atoms with van der Waals surface area (Å²) in [5.41, 5.74) is 11.9. The number of aromatic nitrogens is 1. The van der Waals surface area contributed by atoms with Gasteiger partial charge in [0.2, 0.25) is 0 Å². The van der Waals surface area contributed by atoms with Gasteiger partial charge in [0.05, 0.1) is 17.4 Å². The Balaban J connectivity index is 2.06. The monoisotopic (exact) mass is 248 g/mol. The van der Waals surface area contributed by atoms with Crippen molar-refractivity contribution in [1.29, 1.82) is 0 Å². The zero-order chi connectivity index (χ0) is 13.3. The molecular weight excluding hydrogens is 228 g/mol. The third kappa shape index (κ3) is 2.39. The highest BCUT2D eigenvalue weighted by molar-refractivity contribution is 5.98. The molecule has 1 aromatic rings. The molecule has 0 spiro atoms. The maximum Gasteiger partial charge on any atom is 0.250 e. The van der Waals surface area contributed by atoms with Crippen LogP contribution in [-0.2, 0) is 0 Å². The van der Waals surface area contributed by atoms with Crippen molar-refractivity contribution in [3.63, 3.8) is 0 Å². The maximum absolute atomic E-state index is 11.2. The average Bonchev–Trinajstić information content (AvgIpc) is 3.08. The highest BCUT2D eigenvalue weighted by Crippen LogP contribution is 2.51. The number of nitrogens with one attached hydrogen (secondary N) is 1. The van der Waals surface area contributed by atoms with Gasteiger partial charge in [0.1, 0.15) is 5.82 Å². The molecule has 1 aromatic heterocycles. The number of nitrogens with two attached hydrogens (primary N) is 2. The molecule has 2 rings (SSSR count). The lowest BCUT2D eigenvalue weighted by molar-refractivity contribution is 0.100. The van der Waals surface area contributed by atoms with E-state index in [2.05, 4.69) is 24.1 Å². The molecule has 5 heteroatoms. The number of pyridine rings is 1. The van der Waals surface area contributed by atoms with Gasteiger partial charge in [-0.25, -0.2) is 4.98 Å². The van der Waals surface area contributed by atoms with Gasteiger partial charge in [0, 0.05) is 6.54 Å². The summed E-state index contributed by atoms with van der Waals surface area (Å²) in [5, 5.41) is 3.28. The van der Waals surface area contributed by atoms with E-state index in [1.165, 1.54) is 19.0 Å². The summed E-state index contributed by atoms with van der Waals surface area (Å²) in [6, 6.07) is 1.62. The number of carbonyl (C=O) groups is 1. The summed E-state index contributed by atoms with van der Waals surface area (Å²) in [6.45, 7) is 5.35. The molecule has 0 radical (unpaired) electrons. The van der Waals surface area contributed by atoms with E-state index in [4.69, 9.17) is 11.5 Å². The highest BCUT2D eigenvalue weighted by atomic mass is 16.1. The first kappa shape index (κ1) is 12.7. The second kappa shape index (κ2) is 4.48. The van der Waals surface area contributed by atoms with Crippen molar-refractivity contribution < 1.29 is 4.79 Å². The quantitative estimate of drug-likeness (QED) is 0.738. The number of carbonyl (C=O) groups excluding carboxylic acids is 1. The van der Waals surface area contributed by atoms with Crippen LogP contribution in [0.4, 0.5) is 11.5 Å². The molecule has 1 fully saturated rings. The largest absolute Gasteiger partial charge is 0.397 e. The van der Waals surface area contributed by atoms with Crippen molar-refractivity contribution in [2.24, 2.45) is 17.1 Å². The fourth-order valence-corrected chi connectivity index (χ4v) is 2.16. The summed E-state index contributed by atoms with van der Waals surface area (Å²) in [6.07, 6.45) is 3.96. The molecule has 0 unspecified atom stereocenters. The van der Waals surface area contributed by atoms with Crippen LogP contribution < -0.4 is 16.8 Å². The smallest absolute Gasteiger partial charge is 0.250 e. The van der Waals surface area contributed by atoms with Gasteiger partial charge in [0.25, 0.3) is 5.91 Å². The summed E-state index contributed by atoms with van der Waals surface area (Å²) in [4.78, 5) is 15.4. The molecule has 1 aliphatic carbocycles. The fraction of sp³-hybridized carbons (Fsp3) is 0.538. The third-order valence-corrected chi connectivity index (χ3v) is 3.94. The molecule has 1 aliphatic rings. The lowest BCUT2D eigenvalue weighted by atomic mass is 9.92. The van der Waals surface area contributed by atoms with Crippen molar-refractivity contribution >= 4 is 17.4 Å². The number of anilines is 2. The van der Waals surface area contributed by atoms with Gasteiger partial charge in [-0.05, 0) is 30.2 Å². The molecule has 5 N–H and O–H groups in total. The van der Waals surface area contributed by atoms with Crippen LogP contribution in [-0.4, -0.2) is 17.4 Å². The summed E-state index contributed by atoms with van der Waals surface area (Å²) in [5.74, 6) is 0.780. The first-order valence-corrected chi connectivity index (χ1v) is 6.24. The maximum atomic E-state index is 11.2. The second-order valence-corrected chi connectivity index (χ2v) is 5.39. The van der Waals surface area contributed by atoms with Gasteiger partial charge < -0.3 is 16.8 Å². The van der Waals surface area contributed by atoms with E-state index in [9.17, 15) is 4.79 Å². The predicted octanol–water partition coefficient (Wildman–Crippen LogP) is 1.61. The number of rotatable bonds is 5. The van der Waals surface area contributed by atoms with E-state index in [0.29, 0.717) is 28.4 Å². The Hall–Kier alpha value is -1.78. The topological polar surface area (TPSA) is 94.0 Å². The number of hydrogen-bond acceptors (Lipinski definition) is 4. The minimum atomic E-state index is -0.525. The van der Waals surface area contributed by atoms with Crippen LogP contribution in [0.25, 0.3) is 0 Å². The molecule has 1 amide bonds. The SMILES string of the molecule is CC(C)C1(CNc2cc(C(N)=O)c(N)cn2)CC1. The minimum absolute atomic E-state index is 0.318. The van der Waals surface area contributed by atoms with Crippen molar-refractivity contribution in [3.8, 4) is 0 Å². The van der Waals surface area contributed by atoms with Gasteiger partial charge in [-0.1, -0.05) is 13.8 Å². The lowest BCUT2D eigenvalue weighted by Gasteiger charge is -2.20. The second-order valence-electron chi connectivity index (χ2n) is 5.39. The summed E-state index contributed by atoms with van der Waals surface area (Å²) < 4.78 is 0. The first-order valence-electron chi connectivity index (χ1n) is 6.24. The summed E-state index contributed by atoms with van der Waals surface area (Å²) in [7, 11) is 0. The van der Waals surface area contributed by atoms with Crippen molar-refractivity contribution in [3.05, 3.63) is 17.8 Å². The number of nitrogen functional groups attached to an aromatic ring is 1. The van der Waals surface area contributed by atoms with Gasteiger partial charge in [-0.2, -0.15) is 0 Å². The third-order valence-electron chi connectivity index (χ3n) is 3.94. The molecule has 1 heterocycles. The van der Waals surface area contributed by atoms with Crippen LogP contribution in [0.2, 0.25) is 0 Å². The fourth-order valence-electron chi connectivity index (χ4n) is 2.16. The van der Waals surface area contributed by atoms with Crippen LogP contribution in [0.15, 0.2) is 12.3 Å². The van der Waals surface area contributed by atoms with E-state index in [1.807, 2.05) is 0 Å². The Kier molecular flexibility index (Phi) is 3.15. The minimum Gasteiger partial charge on any atom is -0.397 e. The van der Waals surface area contributed by atoms with E-state index < -0.39 is 5.91 Å². The van der Waals surface area contributed by atoms with Gasteiger partial charge >= 0.3 is 0 Å². The molecule has 0 saturated heterocycles. The van der Waals surface area contributed by atoms with Crippen LogP contribution in [0, 0.1) is 11.3 Å². The Labute approximate surface area is 107 Å². The zero-order valence-electron chi connectivity index (χ0n) is 10.9. The Bertz CT molecular complexity index is 466. The van der Waals surface area contributed by atoms with Crippen molar-refractivity contribution in [2.75, 3.05) is 17.6 Å². The predicted molar refractivity (Wildman–Crippen MR) is 72.2 cm³/mol. The number of hydrogen-bond donors (Lipinski definition) is 3. The molecule has 5 nitrogen and oxygen atoms in total. The Morgan fingerprint density at radius 2 is 2.22 bits per heavy atom. The normalized spacial score (nSPS) is 16.6. The van der Waals surface area contributed by atoms with E-state index in [0.717, 1.165) is 6.54 Å². The molecule has 0 bridgehead atoms. The Morgan fingerprint density at radius 3 is 2.72 bits per heavy atom. The van der Waals surface area contributed by atoms with Crippen LogP contribution in [0.5, 0.6) is 0 Å². The van der Waals surface area contributed by atoms with Gasteiger partial charge in [0.15, 0.2) is 0 Å². The van der Waals surface area contributed by atoms with Crippen LogP contribution in [0.3, 0.4) is 0 Å². The van der Waals surface area contributed by atoms with Crippen molar-refractivity contribution in [2.45, 2.75) is 26.7 Å². The standard InChI is InChI=1S/C13H20N4O/c1-8(2)13(3-4-13)7-17-11-5-9(12(15)18)10(14)6-16-11/h5-6,8H,3-4,7,14H2,1-2H3,(H2,15,18)(H,16,17).